The highest BCUT2D eigenvalue weighted by Gasteiger charge is 2.29. The van der Waals surface area contributed by atoms with Gasteiger partial charge in [0.25, 0.3) is 5.91 Å². The average molecular weight is 374 g/mol. The van der Waals surface area contributed by atoms with Gasteiger partial charge in [0.05, 0.1) is 16.5 Å². The molecule has 0 aliphatic carbocycles. The van der Waals surface area contributed by atoms with Crippen molar-refractivity contribution >= 4 is 51.7 Å². The number of hydrogen-bond acceptors (Lipinski definition) is 4. The molecule has 2 aromatic rings. The number of aliphatic imine (C=N–C) groups is 1. The molecule has 0 fully saturated rings. The Labute approximate surface area is 155 Å². The van der Waals surface area contributed by atoms with Gasteiger partial charge in [0.2, 0.25) is 5.91 Å². The lowest BCUT2D eigenvalue weighted by Crippen LogP contribution is -2.33. The monoisotopic (exact) mass is 373 g/mol. The van der Waals surface area contributed by atoms with E-state index >= 15 is 0 Å². The standard InChI is InChI=1S/C18H16ClN3O2S/c1-21(13-7-3-2-4-8-13)17(24)12-25-18-20-11-16(23)22(18)15-10-6-5-9-14(15)19/h2-10H,11-12H2,1H3. The van der Waals surface area contributed by atoms with E-state index in [1.54, 1.807) is 30.1 Å². The van der Waals surface area contributed by atoms with Gasteiger partial charge >= 0.3 is 0 Å². The quantitative estimate of drug-likeness (QED) is 0.824. The first-order chi connectivity index (χ1) is 12.1. The van der Waals surface area contributed by atoms with Crippen LogP contribution in [0.2, 0.25) is 5.02 Å². The summed E-state index contributed by atoms with van der Waals surface area (Å²) < 4.78 is 0. The molecule has 5 nitrogen and oxygen atoms in total. The van der Waals surface area contributed by atoms with Crippen molar-refractivity contribution in [3.8, 4) is 0 Å². The summed E-state index contributed by atoms with van der Waals surface area (Å²) in [5, 5.41) is 0.965. The number of carbonyl (C=O) groups excluding carboxylic acids is 2. The van der Waals surface area contributed by atoms with Crippen molar-refractivity contribution in [1.29, 1.82) is 0 Å². The summed E-state index contributed by atoms with van der Waals surface area (Å²) in [6.45, 7) is 0.0657. The normalized spacial score (nSPS) is 13.8. The molecule has 2 amide bonds. The average Bonchev–Trinajstić information content (AvgIpc) is 3.00. The zero-order chi connectivity index (χ0) is 17.8. The highest BCUT2D eigenvalue weighted by atomic mass is 35.5. The van der Waals surface area contributed by atoms with Crippen molar-refractivity contribution in [3.05, 3.63) is 59.6 Å². The molecule has 1 heterocycles. The topological polar surface area (TPSA) is 53.0 Å². The van der Waals surface area contributed by atoms with Gasteiger partial charge in [0.1, 0.15) is 6.54 Å². The van der Waals surface area contributed by atoms with Gasteiger partial charge in [0, 0.05) is 12.7 Å². The van der Waals surface area contributed by atoms with Crippen molar-refractivity contribution in [2.45, 2.75) is 0 Å². The summed E-state index contributed by atoms with van der Waals surface area (Å²) in [5.74, 6) is -0.0461. The SMILES string of the molecule is CN(C(=O)CSC1=NCC(=O)N1c1ccccc1Cl)c1ccccc1. The lowest BCUT2D eigenvalue weighted by molar-refractivity contribution is -0.116. The van der Waals surface area contributed by atoms with Crippen molar-refractivity contribution < 1.29 is 9.59 Å². The molecule has 0 N–H and O–H groups in total. The third-order valence-electron chi connectivity index (χ3n) is 3.73. The van der Waals surface area contributed by atoms with E-state index in [0.29, 0.717) is 15.9 Å². The maximum absolute atomic E-state index is 12.4. The van der Waals surface area contributed by atoms with Crippen LogP contribution in [0.1, 0.15) is 0 Å². The molecular formula is C18H16ClN3O2S. The maximum Gasteiger partial charge on any atom is 0.254 e. The second-order valence-electron chi connectivity index (χ2n) is 5.36. The number of rotatable bonds is 4. The third-order valence-corrected chi connectivity index (χ3v) is 5.01. The van der Waals surface area contributed by atoms with Crippen LogP contribution in [0.4, 0.5) is 11.4 Å². The molecule has 0 aromatic heterocycles. The summed E-state index contributed by atoms with van der Waals surface area (Å²) in [6, 6.07) is 16.5. The summed E-state index contributed by atoms with van der Waals surface area (Å²) in [6.07, 6.45) is 0. The first-order valence-electron chi connectivity index (χ1n) is 7.64. The molecule has 0 bridgehead atoms. The second-order valence-corrected chi connectivity index (χ2v) is 6.71. The maximum atomic E-state index is 12.4. The molecule has 0 radical (unpaired) electrons. The van der Waals surface area contributed by atoms with E-state index in [-0.39, 0.29) is 24.1 Å². The number of benzene rings is 2. The van der Waals surface area contributed by atoms with Crippen LogP contribution in [-0.2, 0) is 9.59 Å². The largest absolute Gasteiger partial charge is 0.315 e. The molecule has 0 saturated heterocycles. The summed E-state index contributed by atoms with van der Waals surface area (Å²) >= 11 is 7.43. The fourth-order valence-corrected chi connectivity index (χ4v) is 3.53. The first kappa shape index (κ1) is 17.5. The molecule has 0 saturated carbocycles. The van der Waals surface area contributed by atoms with Gasteiger partial charge in [-0.15, -0.1) is 0 Å². The molecule has 0 spiro atoms. The minimum Gasteiger partial charge on any atom is -0.315 e. The first-order valence-corrected chi connectivity index (χ1v) is 9.00. The van der Waals surface area contributed by atoms with E-state index in [1.165, 1.54) is 16.7 Å². The zero-order valence-corrected chi connectivity index (χ0v) is 15.1. The fourth-order valence-electron chi connectivity index (χ4n) is 2.38. The Kier molecular flexibility index (Phi) is 5.40. The van der Waals surface area contributed by atoms with Gasteiger partial charge in [-0.05, 0) is 24.3 Å². The number of thioether (sulfide) groups is 1. The van der Waals surface area contributed by atoms with Crippen LogP contribution >= 0.6 is 23.4 Å². The molecule has 0 unspecified atom stereocenters. The zero-order valence-electron chi connectivity index (χ0n) is 13.6. The highest BCUT2D eigenvalue weighted by Crippen LogP contribution is 2.30. The van der Waals surface area contributed by atoms with Crippen LogP contribution in [0.5, 0.6) is 0 Å². The predicted octanol–water partition coefficient (Wildman–Crippen LogP) is 3.44. The van der Waals surface area contributed by atoms with E-state index < -0.39 is 0 Å². The number of nitrogens with zero attached hydrogens (tertiary/aromatic N) is 3. The Morgan fingerprint density at radius 3 is 2.60 bits per heavy atom. The number of halogens is 1. The Bertz CT molecular complexity index is 826. The Morgan fingerprint density at radius 2 is 1.88 bits per heavy atom. The second kappa shape index (κ2) is 7.72. The van der Waals surface area contributed by atoms with Crippen LogP contribution in [-0.4, -0.2) is 36.3 Å². The molecule has 1 aliphatic rings. The number of hydrogen-bond donors (Lipinski definition) is 0. The highest BCUT2D eigenvalue weighted by molar-refractivity contribution is 8.14. The van der Waals surface area contributed by atoms with Gasteiger partial charge in [-0.1, -0.05) is 53.7 Å². The van der Waals surface area contributed by atoms with Gasteiger partial charge in [0.15, 0.2) is 5.17 Å². The number of carbonyl (C=O) groups is 2. The van der Waals surface area contributed by atoms with E-state index in [4.69, 9.17) is 11.6 Å². The van der Waals surface area contributed by atoms with Crippen molar-refractivity contribution in [1.82, 2.24) is 0 Å². The van der Waals surface area contributed by atoms with Crippen molar-refractivity contribution in [2.75, 3.05) is 29.1 Å². The van der Waals surface area contributed by atoms with E-state index in [1.807, 2.05) is 36.4 Å². The Balaban J connectivity index is 1.69. The van der Waals surface area contributed by atoms with E-state index in [2.05, 4.69) is 4.99 Å². The predicted molar refractivity (Wildman–Crippen MR) is 104 cm³/mol. The molecule has 7 heteroatoms. The van der Waals surface area contributed by atoms with Gasteiger partial charge in [-0.2, -0.15) is 0 Å². The number of amides is 2. The van der Waals surface area contributed by atoms with Gasteiger partial charge in [-0.25, -0.2) is 0 Å². The van der Waals surface area contributed by atoms with Crippen LogP contribution in [0.3, 0.4) is 0 Å². The van der Waals surface area contributed by atoms with Crippen molar-refractivity contribution in [3.63, 3.8) is 0 Å². The summed E-state index contributed by atoms with van der Waals surface area (Å²) in [5.41, 5.74) is 1.40. The molecule has 2 aromatic carbocycles. The number of amidine groups is 1. The summed E-state index contributed by atoms with van der Waals surface area (Å²) in [7, 11) is 1.73. The molecule has 0 atom stereocenters. The number of anilines is 2. The smallest absolute Gasteiger partial charge is 0.254 e. The lowest BCUT2D eigenvalue weighted by Gasteiger charge is -2.20. The Morgan fingerprint density at radius 1 is 1.20 bits per heavy atom. The molecule has 25 heavy (non-hydrogen) atoms. The van der Waals surface area contributed by atoms with Crippen molar-refractivity contribution in [2.24, 2.45) is 4.99 Å². The van der Waals surface area contributed by atoms with Crippen LogP contribution in [0.15, 0.2) is 59.6 Å². The number of para-hydroxylation sites is 2. The summed E-state index contributed by atoms with van der Waals surface area (Å²) in [4.78, 5) is 31.9. The Hall–Kier alpha value is -2.31. The van der Waals surface area contributed by atoms with Crippen LogP contribution in [0, 0.1) is 0 Å². The van der Waals surface area contributed by atoms with Gasteiger partial charge in [-0.3, -0.25) is 19.5 Å². The molecule has 128 valence electrons. The van der Waals surface area contributed by atoms with E-state index in [0.717, 1.165) is 5.69 Å². The molecular weight excluding hydrogens is 358 g/mol. The molecule has 1 aliphatic heterocycles. The van der Waals surface area contributed by atoms with Gasteiger partial charge < -0.3 is 4.90 Å². The van der Waals surface area contributed by atoms with Crippen LogP contribution in [0.25, 0.3) is 0 Å². The molecule has 3 rings (SSSR count). The fraction of sp³-hybridized carbons (Fsp3) is 0.167. The van der Waals surface area contributed by atoms with Crippen LogP contribution < -0.4 is 9.80 Å². The lowest BCUT2D eigenvalue weighted by atomic mass is 10.3. The third kappa shape index (κ3) is 3.86. The van der Waals surface area contributed by atoms with E-state index in [9.17, 15) is 9.59 Å². The minimum atomic E-state index is -0.153. The minimum absolute atomic E-state index is 0.0657.